The van der Waals surface area contributed by atoms with E-state index in [0.29, 0.717) is 21.9 Å². The molecule has 0 aliphatic rings. The molecule has 0 N–H and O–H groups in total. The molecule has 0 saturated heterocycles. The lowest BCUT2D eigenvalue weighted by Gasteiger charge is -2.11. The molecule has 5 nitrogen and oxygen atoms in total. The molecule has 0 bridgehead atoms. The summed E-state index contributed by atoms with van der Waals surface area (Å²) in [7, 11) is 0. The SMILES string of the molecule is Cc1ccc(C)c(OC(=O)CSc2nnc(-c3ccc(Cl)cc3)o2)c1C. The largest absolute Gasteiger partial charge is 0.425 e. The van der Waals surface area contributed by atoms with Crippen LogP contribution in [0.1, 0.15) is 16.7 Å². The zero-order valence-electron chi connectivity index (χ0n) is 14.6. The van der Waals surface area contributed by atoms with Gasteiger partial charge in [-0.25, -0.2) is 0 Å². The van der Waals surface area contributed by atoms with Gasteiger partial charge in [0, 0.05) is 10.6 Å². The third kappa shape index (κ3) is 4.26. The van der Waals surface area contributed by atoms with Crippen molar-refractivity contribution in [2.45, 2.75) is 26.0 Å². The predicted octanol–water partition coefficient (Wildman–Crippen LogP) is 5.01. The van der Waals surface area contributed by atoms with Crippen LogP contribution in [0.3, 0.4) is 0 Å². The Labute approximate surface area is 160 Å². The molecule has 0 atom stereocenters. The molecule has 0 fully saturated rings. The second-order valence-corrected chi connectivity index (χ2v) is 7.16. The van der Waals surface area contributed by atoms with Gasteiger partial charge in [0.25, 0.3) is 5.22 Å². The van der Waals surface area contributed by atoms with Gasteiger partial charge in [-0.05, 0) is 61.7 Å². The van der Waals surface area contributed by atoms with Crippen molar-refractivity contribution in [1.29, 1.82) is 0 Å². The fraction of sp³-hybridized carbons (Fsp3) is 0.211. The first kappa shape index (κ1) is 18.5. The Bertz CT molecular complexity index is 938. The molecule has 0 aliphatic carbocycles. The van der Waals surface area contributed by atoms with Crippen LogP contribution in [0.5, 0.6) is 5.75 Å². The van der Waals surface area contributed by atoms with Gasteiger partial charge in [0.15, 0.2) is 0 Å². The van der Waals surface area contributed by atoms with Gasteiger partial charge < -0.3 is 9.15 Å². The number of esters is 1. The average Bonchev–Trinajstić information content (AvgIpc) is 3.10. The first-order valence-electron chi connectivity index (χ1n) is 7.94. The van der Waals surface area contributed by atoms with Crippen molar-refractivity contribution in [2.24, 2.45) is 0 Å². The zero-order valence-corrected chi connectivity index (χ0v) is 16.1. The van der Waals surface area contributed by atoms with Crippen molar-refractivity contribution in [1.82, 2.24) is 10.2 Å². The van der Waals surface area contributed by atoms with Gasteiger partial charge in [-0.15, -0.1) is 10.2 Å². The number of halogens is 1. The first-order chi connectivity index (χ1) is 12.4. The lowest BCUT2D eigenvalue weighted by atomic mass is 10.1. The van der Waals surface area contributed by atoms with Crippen molar-refractivity contribution < 1.29 is 13.9 Å². The highest BCUT2D eigenvalue weighted by Gasteiger charge is 2.15. The van der Waals surface area contributed by atoms with Gasteiger partial charge in [0.05, 0.1) is 0 Å². The second kappa shape index (κ2) is 7.93. The van der Waals surface area contributed by atoms with E-state index in [4.69, 9.17) is 20.8 Å². The fourth-order valence-electron chi connectivity index (χ4n) is 2.32. The molecule has 3 aromatic rings. The Morgan fingerprint density at radius 1 is 1.08 bits per heavy atom. The monoisotopic (exact) mass is 388 g/mol. The van der Waals surface area contributed by atoms with Crippen molar-refractivity contribution in [3.05, 3.63) is 58.1 Å². The highest BCUT2D eigenvalue weighted by molar-refractivity contribution is 7.99. The van der Waals surface area contributed by atoms with Crippen molar-refractivity contribution in [3.8, 4) is 17.2 Å². The summed E-state index contributed by atoms with van der Waals surface area (Å²) in [5, 5.41) is 8.88. The maximum absolute atomic E-state index is 12.2. The number of ether oxygens (including phenoxy) is 1. The van der Waals surface area contributed by atoms with Crippen LogP contribution in [-0.2, 0) is 4.79 Å². The van der Waals surface area contributed by atoms with E-state index in [1.165, 1.54) is 0 Å². The molecule has 7 heteroatoms. The standard InChI is InChI=1S/C19H17ClN2O3S/c1-11-4-5-12(2)17(13(11)3)24-16(23)10-26-19-22-21-18(25-19)14-6-8-15(20)9-7-14/h4-9H,10H2,1-3H3. The number of hydrogen-bond acceptors (Lipinski definition) is 6. The Hall–Kier alpha value is -2.31. The number of benzene rings is 2. The molecule has 0 amide bonds. The summed E-state index contributed by atoms with van der Waals surface area (Å²) in [6, 6.07) is 11.0. The van der Waals surface area contributed by atoms with Crippen LogP contribution < -0.4 is 4.74 Å². The number of hydrogen-bond donors (Lipinski definition) is 0. The Morgan fingerprint density at radius 2 is 1.77 bits per heavy atom. The van der Waals surface area contributed by atoms with Crippen LogP contribution in [0.4, 0.5) is 0 Å². The summed E-state index contributed by atoms with van der Waals surface area (Å²) in [5.74, 6) is 0.707. The van der Waals surface area contributed by atoms with Crippen molar-refractivity contribution in [3.63, 3.8) is 0 Å². The van der Waals surface area contributed by atoms with Crippen LogP contribution >= 0.6 is 23.4 Å². The van der Waals surface area contributed by atoms with Crippen molar-refractivity contribution >= 4 is 29.3 Å². The van der Waals surface area contributed by atoms with E-state index >= 15 is 0 Å². The molecule has 1 aromatic heterocycles. The maximum atomic E-state index is 12.2. The Balaban J connectivity index is 1.62. The fourth-order valence-corrected chi connectivity index (χ4v) is 2.99. The highest BCUT2D eigenvalue weighted by atomic mass is 35.5. The highest BCUT2D eigenvalue weighted by Crippen LogP contribution is 2.27. The summed E-state index contributed by atoms with van der Waals surface area (Å²) in [4.78, 5) is 12.2. The van der Waals surface area contributed by atoms with Crippen LogP contribution in [0.25, 0.3) is 11.5 Å². The summed E-state index contributed by atoms with van der Waals surface area (Å²) < 4.78 is 11.1. The minimum absolute atomic E-state index is 0.0784. The molecular weight excluding hydrogens is 372 g/mol. The topological polar surface area (TPSA) is 65.2 Å². The van der Waals surface area contributed by atoms with Crippen LogP contribution in [0.15, 0.2) is 46.0 Å². The summed E-state index contributed by atoms with van der Waals surface area (Å²) >= 11 is 7.01. The van der Waals surface area contributed by atoms with E-state index < -0.39 is 0 Å². The van der Waals surface area contributed by atoms with E-state index in [2.05, 4.69) is 10.2 Å². The minimum atomic E-state index is -0.363. The van der Waals surface area contributed by atoms with Crippen molar-refractivity contribution in [2.75, 3.05) is 5.75 Å². The van der Waals surface area contributed by atoms with E-state index in [0.717, 1.165) is 34.0 Å². The maximum Gasteiger partial charge on any atom is 0.321 e. The lowest BCUT2D eigenvalue weighted by Crippen LogP contribution is -2.12. The number of aryl methyl sites for hydroxylation is 2. The second-order valence-electron chi connectivity index (χ2n) is 5.80. The molecule has 26 heavy (non-hydrogen) atoms. The predicted molar refractivity (Wildman–Crippen MR) is 102 cm³/mol. The number of carbonyl (C=O) groups excluding carboxylic acids is 1. The Kier molecular flexibility index (Phi) is 5.64. The van der Waals surface area contributed by atoms with E-state index in [1.807, 2.05) is 32.9 Å². The van der Waals surface area contributed by atoms with Gasteiger partial charge >= 0.3 is 5.97 Å². The third-order valence-electron chi connectivity index (χ3n) is 3.90. The Morgan fingerprint density at radius 3 is 2.50 bits per heavy atom. The number of rotatable bonds is 5. The van der Waals surface area contributed by atoms with Gasteiger partial charge in [0.1, 0.15) is 11.5 Å². The van der Waals surface area contributed by atoms with Crippen LogP contribution in [0, 0.1) is 20.8 Å². The molecule has 2 aromatic carbocycles. The normalized spacial score (nSPS) is 10.8. The van der Waals surface area contributed by atoms with Crippen LogP contribution in [0.2, 0.25) is 5.02 Å². The summed E-state index contributed by atoms with van der Waals surface area (Å²) in [6.07, 6.45) is 0. The number of aromatic nitrogens is 2. The molecule has 0 radical (unpaired) electrons. The van der Waals surface area contributed by atoms with Crippen LogP contribution in [-0.4, -0.2) is 21.9 Å². The molecule has 0 saturated carbocycles. The molecule has 1 heterocycles. The summed E-state index contributed by atoms with van der Waals surface area (Å²) in [5.41, 5.74) is 3.73. The van der Waals surface area contributed by atoms with E-state index in [-0.39, 0.29) is 11.7 Å². The number of nitrogens with zero attached hydrogens (tertiary/aromatic N) is 2. The molecule has 3 rings (SSSR count). The third-order valence-corrected chi connectivity index (χ3v) is 4.94. The van der Waals surface area contributed by atoms with Gasteiger partial charge in [-0.3, -0.25) is 4.79 Å². The molecule has 134 valence electrons. The minimum Gasteiger partial charge on any atom is -0.425 e. The number of thioether (sulfide) groups is 1. The zero-order chi connectivity index (χ0) is 18.7. The molecule has 0 spiro atoms. The molecular formula is C19H17ClN2O3S. The smallest absolute Gasteiger partial charge is 0.321 e. The average molecular weight is 389 g/mol. The molecule has 0 aliphatic heterocycles. The van der Waals surface area contributed by atoms with Gasteiger partial charge in [0.2, 0.25) is 5.89 Å². The van der Waals surface area contributed by atoms with E-state index in [9.17, 15) is 4.79 Å². The van der Waals surface area contributed by atoms with E-state index in [1.54, 1.807) is 24.3 Å². The first-order valence-corrected chi connectivity index (χ1v) is 9.30. The molecule has 0 unspecified atom stereocenters. The quantitative estimate of drug-likeness (QED) is 0.347. The van der Waals surface area contributed by atoms with Gasteiger partial charge in [-0.2, -0.15) is 0 Å². The summed E-state index contributed by atoms with van der Waals surface area (Å²) in [6.45, 7) is 5.84. The van der Waals surface area contributed by atoms with Gasteiger partial charge in [-0.1, -0.05) is 35.5 Å². The number of carbonyl (C=O) groups is 1. The lowest BCUT2D eigenvalue weighted by molar-refractivity contribution is -0.131.